The largest absolute Gasteiger partial charge is 0.483 e. The van der Waals surface area contributed by atoms with Crippen molar-refractivity contribution in [3.63, 3.8) is 0 Å². The first-order valence-corrected chi connectivity index (χ1v) is 8.22. The summed E-state index contributed by atoms with van der Waals surface area (Å²) in [5, 5.41) is 9.01. The van der Waals surface area contributed by atoms with Gasteiger partial charge in [-0.1, -0.05) is 0 Å². The third-order valence-corrected chi connectivity index (χ3v) is 4.87. The summed E-state index contributed by atoms with van der Waals surface area (Å²) in [6, 6.07) is 9.73. The van der Waals surface area contributed by atoms with Crippen molar-refractivity contribution >= 4 is 27.3 Å². The molecular weight excluding hydrogens is 348 g/mol. The predicted octanol–water partition coefficient (Wildman–Crippen LogP) is 4.47. The Balaban J connectivity index is 2.36. The molecule has 1 aromatic carbocycles. The van der Waals surface area contributed by atoms with Crippen LogP contribution in [-0.2, 0) is 0 Å². The van der Waals surface area contributed by atoms with E-state index < -0.39 is 0 Å². The van der Waals surface area contributed by atoms with Crippen molar-refractivity contribution in [2.24, 2.45) is 5.73 Å². The summed E-state index contributed by atoms with van der Waals surface area (Å²) in [5.41, 5.74) is 8.65. The fourth-order valence-corrected chi connectivity index (χ4v) is 3.80. The molecule has 0 radical (unpaired) electrons. The Morgan fingerprint density at radius 3 is 2.33 bits per heavy atom. The molecule has 2 unspecified atom stereocenters. The number of rotatable bonds is 4. The standard InChI is InChI=1S/C16H17BrN2OS/c1-9-6-12(8-18)7-10(2)15(9)20-16(11(3)19)13-4-5-14(17)21-13/h4-7,11,16H,19H2,1-3H3. The van der Waals surface area contributed by atoms with Crippen molar-refractivity contribution in [2.75, 3.05) is 0 Å². The molecule has 0 aliphatic carbocycles. The summed E-state index contributed by atoms with van der Waals surface area (Å²) in [4.78, 5) is 1.08. The summed E-state index contributed by atoms with van der Waals surface area (Å²) in [6.45, 7) is 5.84. The molecule has 110 valence electrons. The lowest BCUT2D eigenvalue weighted by atomic mass is 10.1. The molecule has 2 atom stereocenters. The molecule has 21 heavy (non-hydrogen) atoms. The lowest BCUT2D eigenvalue weighted by molar-refractivity contribution is 0.181. The lowest BCUT2D eigenvalue weighted by Crippen LogP contribution is -2.28. The van der Waals surface area contributed by atoms with E-state index in [9.17, 15) is 0 Å². The maximum atomic E-state index is 9.01. The Kier molecular flexibility index (Phi) is 5.04. The van der Waals surface area contributed by atoms with Crippen molar-refractivity contribution < 1.29 is 4.74 Å². The van der Waals surface area contributed by atoms with Crippen molar-refractivity contribution in [3.8, 4) is 11.8 Å². The maximum Gasteiger partial charge on any atom is 0.148 e. The van der Waals surface area contributed by atoms with Crippen LogP contribution in [0.25, 0.3) is 0 Å². The van der Waals surface area contributed by atoms with Gasteiger partial charge >= 0.3 is 0 Å². The molecule has 0 spiro atoms. The number of nitrogens with zero attached hydrogens (tertiary/aromatic N) is 1. The molecular formula is C16H17BrN2OS. The molecule has 3 nitrogen and oxygen atoms in total. The average Bonchev–Trinajstić information content (AvgIpc) is 2.83. The summed E-state index contributed by atoms with van der Waals surface area (Å²) in [5.74, 6) is 0.806. The quantitative estimate of drug-likeness (QED) is 0.870. The van der Waals surface area contributed by atoms with Crippen molar-refractivity contribution in [2.45, 2.75) is 32.9 Å². The number of thiophene rings is 1. The first-order valence-electron chi connectivity index (χ1n) is 6.61. The maximum absolute atomic E-state index is 9.01. The van der Waals surface area contributed by atoms with Gasteiger partial charge in [0.15, 0.2) is 0 Å². The van der Waals surface area contributed by atoms with Crippen LogP contribution in [0.1, 0.15) is 34.6 Å². The second kappa shape index (κ2) is 6.61. The Morgan fingerprint density at radius 2 is 1.90 bits per heavy atom. The SMILES string of the molecule is Cc1cc(C#N)cc(C)c1OC(c1ccc(Br)s1)C(C)N. The fraction of sp³-hybridized carbons (Fsp3) is 0.312. The summed E-state index contributed by atoms with van der Waals surface area (Å²) >= 11 is 5.09. The highest BCUT2D eigenvalue weighted by Gasteiger charge is 2.22. The Labute approximate surface area is 137 Å². The summed E-state index contributed by atoms with van der Waals surface area (Å²) in [6.07, 6.45) is -0.202. The molecule has 2 rings (SSSR count). The number of ether oxygens (including phenoxy) is 1. The highest BCUT2D eigenvalue weighted by atomic mass is 79.9. The van der Waals surface area contributed by atoms with E-state index in [0.717, 1.165) is 25.5 Å². The number of nitriles is 1. The number of hydrogen-bond acceptors (Lipinski definition) is 4. The van der Waals surface area contributed by atoms with Crippen molar-refractivity contribution in [3.05, 3.63) is 49.6 Å². The minimum atomic E-state index is -0.202. The van der Waals surface area contributed by atoms with E-state index in [1.165, 1.54) is 0 Å². The number of nitrogens with two attached hydrogens (primary N) is 1. The van der Waals surface area contributed by atoms with Crippen LogP contribution in [-0.4, -0.2) is 6.04 Å². The van der Waals surface area contributed by atoms with E-state index in [2.05, 4.69) is 22.0 Å². The van der Waals surface area contributed by atoms with Crippen molar-refractivity contribution in [1.82, 2.24) is 0 Å². The molecule has 0 aliphatic rings. The molecule has 0 fully saturated rings. The van der Waals surface area contributed by atoms with Gasteiger partial charge in [-0.05, 0) is 72.1 Å². The second-order valence-corrected chi connectivity index (χ2v) is 7.59. The van der Waals surface area contributed by atoms with E-state index in [1.54, 1.807) is 11.3 Å². The highest BCUT2D eigenvalue weighted by molar-refractivity contribution is 9.11. The predicted molar refractivity (Wildman–Crippen MR) is 89.7 cm³/mol. The molecule has 1 heterocycles. The van der Waals surface area contributed by atoms with Crippen LogP contribution in [0.15, 0.2) is 28.1 Å². The molecule has 0 aliphatic heterocycles. The number of hydrogen-bond donors (Lipinski definition) is 1. The van der Waals surface area contributed by atoms with Gasteiger partial charge in [-0.3, -0.25) is 0 Å². The van der Waals surface area contributed by atoms with E-state index in [0.29, 0.717) is 5.56 Å². The number of aryl methyl sites for hydroxylation is 2. The first-order chi connectivity index (χ1) is 9.92. The molecule has 0 saturated heterocycles. The Hall–Kier alpha value is -1.35. The van der Waals surface area contributed by atoms with Gasteiger partial charge in [0.1, 0.15) is 11.9 Å². The van der Waals surface area contributed by atoms with Gasteiger partial charge in [-0.15, -0.1) is 11.3 Å². The monoisotopic (exact) mass is 364 g/mol. The minimum absolute atomic E-state index is 0.134. The Morgan fingerprint density at radius 1 is 1.29 bits per heavy atom. The molecule has 2 N–H and O–H groups in total. The molecule has 2 aromatic rings. The molecule has 5 heteroatoms. The highest BCUT2D eigenvalue weighted by Crippen LogP contribution is 2.34. The van der Waals surface area contributed by atoms with Crippen LogP contribution >= 0.6 is 27.3 Å². The zero-order chi connectivity index (χ0) is 15.6. The van der Waals surface area contributed by atoms with Gasteiger partial charge in [0.2, 0.25) is 0 Å². The fourth-order valence-electron chi connectivity index (χ4n) is 2.23. The van der Waals surface area contributed by atoms with Gasteiger partial charge in [0.25, 0.3) is 0 Å². The summed E-state index contributed by atoms with van der Waals surface area (Å²) < 4.78 is 7.25. The van der Waals surface area contributed by atoms with Crippen LogP contribution in [0, 0.1) is 25.2 Å². The molecule has 0 bridgehead atoms. The van der Waals surface area contributed by atoms with Gasteiger partial charge in [-0.2, -0.15) is 5.26 Å². The van der Waals surface area contributed by atoms with Crippen LogP contribution in [0.4, 0.5) is 0 Å². The smallest absolute Gasteiger partial charge is 0.148 e. The van der Waals surface area contributed by atoms with E-state index >= 15 is 0 Å². The van der Waals surface area contributed by atoms with Crippen LogP contribution in [0.2, 0.25) is 0 Å². The van der Waals surface area contributed by atoms with Crippen LogP contribution < -0.4 is 10.5 Å². The zero-order valence-electron chi connectivity index (χ0n) is 12.2. The van der Waals surface area contributed by atoms with E-state index in [1.807, 2.05) is 45.0 Å². The normalized spacial score (nSPS) is 13.5. The van der Waals surface area contributed by atoms with Gasteiger partial charge in [0, 0.05) is 10.9 Å². The number of benzene rings is 1. The zero-order valence-corrected chi connectivity index (χ0v) is 14.6. The summed E-state index contributed by atoms with van der Waals surface area (Å²) in [7, 11) is 0. The minimum Gasteiger partial charge on any atom is -0.483 e. The van der Waals surface area contributed by atoms with E-state index in [4.69, 9.17) is 15.7 Å². The molecule has 0 amide bonds. The topological polar surface area (TPSA) is 59.0 Å². The molecule has 0 saturated carbocycles. The number of halogens is 1. The lowest BCUT2D eigenvalue weighted by Gasteiger charge is -2.24. The van der Waals surface area contributed by atoms with Crippen LogP contribution in [0.5, 0.6) is 5.75 Å². The van der Waals surface area contributed by atoms with Gasteiger partial charge in [0.05, 0.1) is 15.4 Å². The van der Waals surface area contributed by atoms with E-state index in [-0.39, 0.29) is 12.1 Å². The second-order valence-electron chi connectivity index (χ2n) is 5.09. The van der Waals surface area contributed by atoms with Gasteiger partial charge in [-0.25, -0.2) is 0 Å². The third kappa shape index (κ3) is 3.65. The third-order valence-electron chi connectivity index (χ3n) is 3.19. The first kappa shape index (κ1) is 16.0. The van der Waals surface area contributed by atoms with Gasteiger partial charge < -0.3 is 10.5 Å². The van der Waals surface area contributed by atoms with Crippen LogP contribution in [0.3, 0.4) is 0 Å². The van der Waals surface area contributed by atoms with Crippen molar-refractivity contribution in [1.29, 1.82) is 5.26 Å². The Bertz CT molecular complexity index is 665. The average molecular weight is 365 g/mol. The molecule has 1 aromatic heterocycles.